The molecule has 3 aliphatic rings. The van der Waals surface area contributed by atoms with Crippen molar-refractivity contribution in [3.63, 3.8) is 0 Å². The fourth-order valence-corrected chi connectivity index (χ4v) is 6.18. The summed E-state index contributed by atoms with van der Waals surface area (Å²) in [5, 5.41) is 10.8. The van der Waals surface area contributed by atoms with E-state index in [2.05, 4.69) is 4.90 Å². The lowest BCUT2D eigenvalue weighted by Gasteiger charge is -2.42. The molecule has 0 amide bonds. The van der Waals surface area contributed by atoms with Gasteiger partial charge in [-0.05, 0) is 36.1 Å². The van der Waals surface area contributed by atoms with Gasteiger partial charge < -0.3 is 33.0 Å². The molecule has 6 rings (SSSR count). The Labute approximate surface area is 229 Å². The lowest BCUT2D eigenvalue weighted by molar-refractivity contribution is -0.140. The predicted octanol–water partition coefficient (Wildman–Crippen LogP) is 2.56. The molecule has 2 aromatic heterocycles. The van der Waals surface area contributed by atoms with Crippen LogP contribution in [0.15, 0.2) is 50.4 Å². The van der Waals surface area contributed by atoms with E-state index in [-0.39, 0.29) is 30.5 Å². The number of aromatic nitrogens is 1. The van der Waals surface area contributed by atoms with Gasteiger partial charge in [-0.3, -0.25) is 19.3 Å². The van der Waals surface area contributed by atoms with Gasteiger partial charge in [0.25, 0.3) is 5.56 Å². The molecule has 40 heavy (non-hydrogen) atoms. The molecule has 11 heteroatoms. The minimum Gasteiger partial charge on any atom is -0.502 e. The maximum atomic E-state index is 12.9. The number of fused-ring (bicyclic) bond motifs is 5. The van der Waals surface area contributed by atoms with Crippen LogP contribution < -0.4 is 25.2 Å². The van der Waals surface area contributed by atoms with E-state index >= 15 is 0 Å². The van der Waals surface area contributed by atoms with Crippen LogP contribution >= 0.6 is 0 Å². The van der Waals surface area contributed by atoms with E-state index < -0.39 is 23.1 Å². The standard InChI is InChI=1S/C29H30N2O9/c1-36-23-7-17(8-24-29(23)39-15-38-24)20(10-26(34)37-2)28-27(35)22(32)9-19(40-28)14-30-11-16-6-18(13-30)21-4-3-5-25(33)31(21)12-16/h3-5,7-9,16,18,20,35H,6,10-15H2,1-2H3/t16-,18+,20?/m1/s1. The van der Waals surface area contributed by atoms with Crippen LogP contribution in [0.4, 0.5) is 0 Å². The van der Waals surface area contributed by atoms with Gasteiger partial charge in [-0.2, -0.15) is 0 Å². The van der Waals surface area contributed by atoms with Crippen molar-refractivity contribution < 1.29 is 33.3 Å². The zero-order valence-electron chi connectivity index (χ0n) is 22.3. The molecule has 2 bridgehead atoms. The quantitative estimate of drug-likeness (QED) is 0.438. The third kappa shape index (κ3) is 4.70. The number of piperidine rings is 1. The molecule has 3 aliphatic heterocycles. The van der Waals surface area contributed by atoms with Gasteiger partial charge in [-0.25, -0.2) is 0 Å². The van der Waals surface area contributed by atoms with Crippen LogP contribution in [0.2, 0.25) is 0 Å². The van der Waals surface area contributed by atoms with Gasteiger partial charge >= 0.3 is 5.97 Å². The van der Waals surface area contributed by atoms with Gasteiger partial charge in [0.1, 0.15) is 5.76 Å². The number of carbonyl (C=O) groups excluding carboxylic acids is 1. The normalized spacial score (nSPS) is 20.1. The van der Waals surface area contributed by atoms with Gasteiger partial charge in [0.15, 0.2) is 17.3 Å². The Morgan fingerprint density at radius 3 is 2.77 bits per heavy atom. The van der Waals surface area contributed by atoms with Crippen LogP contribution in [0.1, 0.15) is 47.5 Å². The van der Waals surface area contributed by atoms with Crippen molar-refractivity contribution >= 4 is 5.97 Å². The molecule has 0 spiro atoms. The first-order valence-electron chi connectivity index (χ1n) is 13.2. The van der Waals surface area contributed by atoms with E-state index in [9.17, 15) is 19.5 Å². The second-order valence-electron chi connectivity index (χ2n) is 10.5. The Kier molecular flexibility index (Phi) is 6.75. The van der Waals surface area contributed by atoms with Crippen molar-refractivity contribution in [3.8, 4) is 23.0 Å². The molecule has 0 aliphatic carbocycles. The number of methoxy groups -OCH3 is 2. The fraction of sp³-hybridized carbons (Fsp3) is 0.414. The van der Waals surface area contributed by atoms with Crippen LogP contribution in [0, 0.1) is 5.92 Å². The SMILES string of the molecule is COC(=O)CC(c1cc(OC)c2c(c1)OCO2)c1oc(CN2C[C@H]3C[C@@H](C2)c2cccc(=O)n2C3)cc(=O)c1O. The van der Waals surface area contributed by atoms with Crippen molar-refractivity contribution in [3.05, 3.63) is 79.8 Å². The third-order valence-electron chi connectivity index (χ3n) is 7.93. The Morgan fingerprint density at radius 1 is 1.12 bits per heavy atom. The van der Waals surface area contributed by atoms with E-state index in [1.165, 1.54) is 20.3 Å². The average molecular weight is 551 g/mol. The molecule has 1 fully saturated rings. The van der Waals surface area contributed by atoms with Gasteiger partial charge in [0.05, 0.1) is 33.1 Å². The number of benzene rings is 1. The number of hydrogen-bond donors (Lipinski definition) is 1. The molecule has 0 saturated carbocycles. The third-order valence-corrected chi connectivity index (χ3v) is 7.93. The second-order valence-corrected chi connectivity index (χ2v) is 10.5. The summed E-state index contributed by atoms with van der Waals surface area (Å²) in [5.74, 6) is 0.0721. The molecule has 3 aromatic rings. The van der Waals surface area contributed by atoms with Crippen LogP contribution in [0.5, 0.6) is 23.0 Å². The molecule has 1 saturated heterocycles. The van der Waals surface area contributed by atoms with Crippen molar-refractivity contribution in [2.75, 3.05) is 34.1 Å². The lowest BCUT2D eigenvalue weighted by Crippen LogP contribution is -2.46. The minimum atomic E-state index is -0.858. The van der Waals surface area contributed by atoms with Crippen LogP contribution in [-0.2, 0) is 22.6 Å². The van der Waals surface area contributed by atoms with Crippen molar-refractivity contribution in [1.29, 1.82) is 0 Å². The molecule has 11 nitrogen and oxygen atoms in total. The Hall–Kier alpha value is -4.25. The first kappa shape index (κ1) is 26.0. The maximum absolute atomic E-state index is 12.9. The molecule has 5 heterocycles. The number of likely N-dealkylation sites (tertiary alicyclic amines) is 1. The number of aromatic hydroxyl groups is 1. The first-order chi connectivity index (χ1) is 19.3. The number of nitrogens with zero attached hydrogens (tertiary/aromatic N) is 2. The summed E-state index contributed by atoms with van der Waals surface area (Å²) in [5.41, 5.74) is 0.965. The van der Waals surface area contributed by atoms with Crippen LogP contribution in [0.25, 0.3) is 0 Å². The van der Waals surface area contributed by atoms with Crippen molar-refractivity contribution in [2.45, 2.75) is 37.8 Å². The zero-order valence-corrected chi connectivity index (χ0v) is 22.3. The van der Waals surface area contributed by atoms with E-state index in [1.807, 2.05) is 10.6 Å². The van der Waals surface area contributed by atoms with Gasteiger partial charge in [-0.1, -0.05) is 6.07 Å². The first-order valence-corrected chi connectivity index (χ1v) is 13.2. The molecule has 1 aromatic carbocycles. The molecule has 3 atom stereocenters. The minimum absolute atomic E-state index is 0.0174. The molecule has 1 unspecified atom stereocenters. The summed E-state index contributed by atoms with van der Waals surface area (Å²) in [6.07, 6.45) is 0.802. The topological polar surface area (TPSA) is 130 Å². The average Bonchev–Trinajstić information content (AvgIpc) is 3.42. The number of esters is 1. The highest BCUT2D eigenvalue weighted by molar-refractivity contribution is 5.71. The van der Waals surface area contributed by atoms with Crippen LogP contribution in [-0.4, -0.2) is 54.6 Å². The highest BCUT2D eigenvalue weighted by atomic mass is 16.7. The predicted molar refractivity (Wildman–Crippen MR) is 141 cm³/mol. The summed E-state index contributed by atoms with van der Waals surface area (Å²) in [6.45, 7) is 2.44. The number of pyridine rings is 1. The molecular weight excluding hydrogens is 520 g/mol. The highest BCUT2D eigenvalue weighted by Crippen LogP contribution is 2.46. The van der Waals surface area contributed by atoms with Gasteiger partial charge in [0.2, 0.25) is 23.7 Å². The van der Waals surface area contributed by atoms with Crippen LogP contribution in [0.3, 0.4) is 0 Å². The highest BCUT2D eigenvalue weighted by Gasteiger charge is 2.35. The summed E-state index contributed by atoms with van der Waals surface area (Å²) < 4.78 is 29.5. The number of rotatable bonds is 7. The fourth-order valence-electron chi connectivity index (χ4n) is 6.18. The van der Waals surface area contributed by atoms with E-state index in [0.29, 0.717) is 54.1 Å². The monoisotopic (exact) mass is 550 g/mol. The lowest BCUT2D eigenvalue weighted by atomic mass is 9.83. The molecule has 0 radical (unpaired) electrons. The Morgan fingerprint density at radius 2 is 1.98 bits per heavy atom. The molecular formula is C29H30N2O9. The van der Waals surface area contributed by atoms with Crippen molar-refractivity contribution in [1.82, 2.24) is 9.47 Å². The summed E-state index contributed by atoms with van der Waals surface area (Å²) in [4.78, 5) is 40.0. The van der Waals surface area contributed by atoms with E-state index in [4.69, 9.17) is 23.4 Å². The van der Waals surface area contributed by atoms with Crippen molar-refractivity contribution in [2.24, 2.45) is 5.92 Å². The van der Waals surface area contributed by atoms with E-state index in [1.54, 1.807) is 24.3 Å². The molecule has 210 valence electrons. The number of carbonyl (C=O) groups is 1. The molecule has 1 N–H and O–H groups in total. The Balaban J connectivity index is 1.34. The van der Waals surface area contributed by atoms with Gasteiger partial charge in [-0.15, -0.1) is 0 Å². The van der Waals surface area contributed by atoms with E-state index in [0.717, 1.165) is 18.7 Å². The second kappa shape index (κ2) is 10.4. The van der Waals surface area contributed by atoms with Gasteiger partial charge in [0, 0.05) is 43.4 Å². The maximum Gasteiger partial charge on any atom is 0.306 e. The number of ether oxygens (including phenoxy) is 4. The zero-order chi connectivity index (χ0) is 28.0. The summed E-state index contributed by atoms with van der Waals surface area (Å²) >= 11 is 0. The smallest absolute Gasteiger partial charge is 0.306 e. The summed E-state index contributed by atoms with van der Waals surface area (Å²) in [7, 11) is 2.75. The summed E-state index contributed by atoms with van der Waals surface area (Å²) in [6, 6.07) is 10.0. The Bertz CT molecular complexity index is 1580. The number of hydrogen-bond acceptors (Lipinski definition) is 10. The largest absolute Gasteiger partial charge is 0.502 e.